The van der Waals surface area contributed by atoms with Crippen LogP contribution in [-0.2, 0) is 9.59 Å². The van der Waals surface area contributed by atoms with Gasteiger partial charge in [0.25, 0.3) is 0 Å². The molecule has 0 saturated heterocycles. The highest BCUT2D eigenvalue weighted by Crippen LogP contribution is 2.20. The Hall–Kier alpha value is -2.34. The fourth-order valence-electron chi connectivity index (χ4n) is 1.90. The van der Waals surface area contributed by atoms with Gasteiger partial charge in [-0.05, 0) is 48.9 Å². The lowest BCUT2D eigenvalue weighted by atomic mass is 10.2. The van der Waals surface area contributed by atoms with Gasteiger partial charge in [-0.3, -0.25) is 9.59 Å². The highest BCUT2D eigenvalue weighted by molar-refractivity contribution is 9.10. The van der Waals surface area contributed by atoms with E-state index < -0.39 is 0 Å². The number of hydrogen-bond donors (Lipinski definition) is 2. The Kier molecular flexibility index (Phi) is 5.76. The van der Waals surface area contributed by atoms with Crippen LogP contribution < -0.4 is 15.4 Å². The van der Waals surface area contributed by atoms with Crippen LogP contribution in [0.15, 0.2) is 46.9 Å². The van der Waals surface area contributed by atoms with E-state index in [9.17, 15) is 9.59 Å². The van der Waals surface area contributed by atoms with Gasteiger partial charge in [0.2, 0.25) is 11.8 Å². The SMILES string of the molecule is COc1ccc(NC(=O)CC(=O)Nc2ccc(C)c(Br)c2)cc1. The molecule has 23 heavy (non-hydrogen) atoms. The number of rotatable bonds is 5. The zero-order valence-corrected chi connectivity index (χ0v) is 14.4. The smallest absolute Gasteiger partial charge is 0.233 e. The molecule has 0 radical (unpaired) electrons. The molecule has 2 amide bonds. The van der Waals surface area contributed by atoms with E-state index in [1.807, 2.05) is 13.0 Å². The van der Waals surface area contributed by atoms with Crippen molar-refractivity contribution in [3.63, 3.8) is 0 Å². The average molecular weight is 377 g/mol. The highest BCUT2D eigenvalue weighted by Gasteiger charge is 2.10. The van der Waals surface area contributed by atoms with E-state index in [0.29, 0.717) is 17.1 Å². The summed E-state index contributed by atoms with van der Waals surface area (Å²) in [4.78, 5) is 23.8. The van der Waals surface area contributed by atoms with Gasteiger partial charge in [0.05, 0.1) is 7.11 Å². The Morgan fingerprint density at radius 3 is 2.13 bits per heavy atom. The number of nitrogens with one attached hydrogen (secondary N) is 2. The summed E-state index contributed by atoms with van der Waals surface area (Å²) in [5.41, 5.74) is 2.33. The molecule has 2 aromatic carbocycles. The maximum Gasteiger partial charge on any atom is 0.233 e. The Balaban J connectivity index is 1.88. The molecule has 0 aliphatic rings. The standard InChI is InChI=1S/C17H17BrN2O3/c1-11-3-4-13(9-15(11)18)20-17(22)10-16(21)19-12-5-7-14(23-2)8-6-12/h3-9H,10H2,1-2H3,(H,19,21)(H,20,22). The summed E-state index contributed by atoms with van der Waals surface area (Å²) in [6, 6.07) is 12.4. The van der Waals surface area contributed by atoms with Crippen molar-refractivity contribution < 1.29 is 14.3 Å². The minimum atomic E-state index is -0.376. The predicted molar refractivity (Wildman–Crippen MR) is 93.7 cm³/mol. The number of halogens is 1. The molecule has 2 aromatic rings. The molecule has 2 rings (SSSR count). The Morgan fingerprint density at radius 1 is 1.00 bits per heavy atom. The lowest BCUT2D eigenvalue weighted by Gasteiger charge is -2.08. The molecule has 0 aliphatic carbocycles. The second-order valence-electron chi connectivity index (χ2n) is 4.97. The van der Waals surface area contributed by atoms with Crippen molar-refractivity contribution in [3.05, 3.63) is 52.5 Å². The van der Waals surface area contributed by atoms with E-state index in [4.69, 9.17) is 4.74 Å². The van der Waals surface area contributed by atoms with Crippen molar-refractivity contribution >= 4 is 39.1 Å². The fraction of sp³-hybridized carbons (Fsp3) is 0.176. The number of anilines is 2. The van der Waals surface area contributed by atoms with E-state index >= 15 is 0 Å². The topological polar surface area (TPSA) is 67.4 Å². The molecule has 0 atom stereocenters. The molecule has 0 fully saturated rings. The molecule has 5 nitrogen and oxygen atoms in total. The molecule has 0 aromatic heterocycles. The highest BCUT2D eigenvalue weighted by atomic mass is 79.9. The maximum atomic E-state index is 11.9. The second-order valence-corrected chi connectivity index (χ2v) is 5.82. The maximum absolute atomic E-state index is 11.9. The molecule has 0 spiro atoms. The molecule has 0 aliphatic heterocycles. The van der Waals surface area contributed by atoms with Crippen LogP contribution in [0.3, 0.4) is 0 Å². The average Bonchev–Trinajstić information content (AvgIpc) is 2.51. The zero-order chi connectivity index (χ0) is 16.8. The molecule has 2 N–H and O–H groups in total. The van der Waals surface area contributed by atoms with Crippen LogP contribution in [0.4, 0.5) is 11.4 Å². The van der Waals surface area contributed by atoms with Crippen molar-refractivity contribution in [1.82, 2.24) is 0 Å². The minimum Gasteiger partial charge on any atom is -0.497 e. The summed E-state index contributed by atoms with van der Waals surface area (Å²) in [7, 11) is 1.57. The minimum absolute atomic E-state index is 0.252. The van der Waals surface area contributed by atoms with E-state index in [-0.39, 0.29) is 18.2 Å². The van der Waals surface area contributed by atoms with Gasteiger partial charge in [-0.25, -0.2) is 0 Å². The van der Waals surface area contributed by atoms with E-state index in [0.717, 1.165) is 10.0 Å². The molecule has 0 saturated carbocycles. The number of aryl methyl sites for hydroxylation is 1. The van der Waals surface area contributed by atoms with Gasteiger partial charge < -0.3 is 15.4 Å². The lowest BCUT2D eigenvalue weighted by molar-refractivity contribution is -0.123. The summed E-state index contributed by atoms with van der Waals surface area (Å²) < 4.78 is 5.94. The number of carbonyl (C=O) groups excluding carboxylic acids is 2. The summed E-state index contributed by atoms with van der Waals surface area (Å²) in [5.74, 6) is -0.0451. The predicted octanol–water partition coefficient (Wildman–Crippen LogP) is 3.73. The quantitative estimate of drug-likeness (QED) is 0.781. The first-order chi connectivity index (χ1) is 11.0. The summed E-state index contributed by atoms with van der Waals surface area (Å²) in [6.07, 6.45) is -0.252. The Bertz CT molecular complexity index is 714. The first-order valence-corrected chi connectivity index (χ1v) is 7.77. The van der Waals surface area contributed by atoms with Gasteiger partial charge in [-0.1, -0.05) is 22.0 Å². The van der Waals surface area contributed by atoms with Gasteiger partial charge in [0, 0.05) is 15.8 Å². The second kappa shape index (κ2) is 7.78. The monoisotopic (exact) mass is 376 g/mol. The fourth-order valence-corrected chi connectivity index (χ4v) is 2.28. The summed E-state index contributed by atoms with van der Waals surface area (Å²) in [6.45, 7) is 1.96. The lowest BCUT2D eigenvalue weighted by Crippen LogP contribution is -2.21. The van der Waals surface area contributed by atoms with Crippen LogP contribution in [0.25, 0.3) is 0 Å². The molecule has 0 heterocycles. The molecule has 120 valence electrons. The third-order valence-electron chi connectivity index (χ3n) is 3.15. The van der Waals surface area contributed by atoms with Gasteiger partial charge in [-0.2, -0.15) is 0 Å². The van der Waals surface area contributed by atoms with Gasteiger partial charge in [0.15, 0.2) is 0 Å². The number of hydrogen-bond acceptors (Lipinski definition) is 3. The van der Waals surface area contributed by atoms with Crippen LogP contribution in [0.2, 0.25) is 0 Å². The van der Waals surface area contributed by atoms with Crippen LogP contribution in [0.5, 0.6) is 5.75 Å². The first-order valence-electron chi connectivity index (χ1n) is 6.98. The van der Waals surface area contributed by atoms with Crippen molar-refractivity contribution in [1.29, 1.82) is 0 Å². The van der Waals surface area contributed by atoms with Gasteiger partial charge in [0.1, 0.15) is 12.2 Å². The third kappa shape index (κ3) is 5.10. The number of amides is 2. The van der Waals surface area contributed by atoms with Gasteiger partial charge >= 0.3 is 0 Å². The molecule has 0 unspecified atom stereocenters. The first kappa shape index (κ1) is 17.0. The number of ether oxygens (including phenoxy) is 1. The van der Waals surface area contributed by atoms with Crippen LogP contribution in [0.1, 0.15) is 12.0 Å². The number of benzene rings is 2. The normalized spacial score (nSPS) is 10.0. The molecular formula is C17H17BrN2O3. The number of methoxy groups -OCH3 is 1. The van der Waals surface area contributed by atoms with Crippen LogP contribution in [-0.4, -0.2) is 18.9 Å². The van der Waals surface area contributed by atoms with Crippen LogP contribution in [0, 0.1) is 6.92 Å². The third-order valence-corrected chi connectivity index (χ3v) is 4.00. The van der Waals surface area contributed by atoms with E-state index in [1.165, 1.54) is 0 Å². The summed E-state index contributed by atoms with van der Waals surface area (Å²) >= 11 is 3.40. The number of carbonyl (C=O) groups is 2. The van der Waals surface area contributed by atoms with E-state index in [2.05, 4.69) is 26.6 Å². The van der Waals surface area contributed by atoms with E-state index in [1.54, 1.807) is 43.5 Å². The Morgan fingerprint density at radius 2 is 1.57 bits per heavy atom. The molecular weight excluding hydrogens is 360 g/mol. The largest absolute Gasteiger partial charge is 0.497 e. The Labute approximate surface area is 143 Å². The summed E-state index contributed by atoms with van der Waals surface area (Å²) in [5, 5.41) is 5.36. The molecule has 0 bridgehead atoms. The van der Waals surface area contributed by atoms with Crippen molar-refractivity contribution in [3.8, 4) is 5.75 Å². The van der Waals surface area contributed by atoms with Gasteiger partial charge in [-0.15, -0.1) is 0 Å². The van der Waals surface area contributed by atoms with Crippen molar-refractivity contribution in [2.24, 2.45) is 0 Å². The zero-order valence-electron chi connectivity index (χ0n) is 12.9. The van der Waals surface area contributed by atoms with Crippen LogP contribution >= 0.6 is 15.9 Å². The van der Waals surface area contributed by atoms with Crippen molar-refractivity contribution in [2.75, 3.05) is 17.7 Å². The molecule has 6 heteroatoms. The van der Waals surface area contributed by atoms with Crippen molar-refractivity contribution in [2.45, 2.75) is 13.3 Å².